The fourth-order valence-corrected chi connectivity index (χ4v) is 3.04. The predicted molar refractivity (Wildman–Crippen MR) is 95.6 cm³/mol. The molecular weight excluding hydrogens is 288 g/mol. The molecule has 0 heterocycles. The van der Waals surface area contributed by atoms with Crippen LogP contribution in [0.3, 0.4) is 0 Å². The molecule has 1 saturated carbocycles. The number of carboxylic acid groups (broad SMARTS) is 1. The van der Waals surface area contributed by atoms with E-state index in [9.17, 15) is 9.90 Å². The van der Waals surface area contributed by atoms with Crippen molar-refractivity contribution in [3.05, 3.63) is 11.1 Å². The lowest BCUT2D eigenvalue weighted by Gasteiger charge is -2.23. The smallest absolute Gasteiger partial charge is 0.331 e. The molecule has 1 rings (SSSR count). The third kappa shape index (κ3) is 8.55. The second-order valence-corrected chi connectivity index (χ2v) is 8.06. The van der Waals surface area contributed by atoms with E-state index in [2.05, 4.69) is 20.8 Å². The molecule has 1 aliphatic rings. The van der Waals surface area contributed by atoms with E-state index >= 15 is 0 Å². The van der Waals surface area contributed by atoms with Crippen LogP contribution in [0.4, 0.5) is 0 Å². The van der Waals surface area contributed by atoms with Crippen LogP contribution in [0.15, 0.2) is 11.1 Å². The van der Waals surface area contributed by atoms with Crippen molar-refractivity contribution in [2.75, 3.05) is 7.11 Å². The minimum atomic E-state index is -0.704. The monoisotopic (exact) mass is 324 g/mol. The van der Waals surface area contributed by atoms with E-state index in [0.717, 1.165) is 31.3 Å². The summed E-state index contributed by atoms with van der Waals surface area (Å²) in [6.45, 7) is 8.59. The Balaban J connectivity index is 2.27. The number of rotatable bonds is 12. The van der Waals surface area contributed by atoms with E-state index in [0.29, 0.717) is 17.4 Å². The Labute approximate surface area is 142 Å². The van der Waals surface area contributed by atoms with Gasteiger partial charge in [-0.25, -0.2) is 4.79 Å². The first-order chi connectivity index (χ1) is 10.7. The lowest BCUT2D eigenvalue weighted by atomic mass is 9.92. The fraction of sp³-hybridized carbons (Fsp3) is 0.850. The van der Waals surface area contributed by atoms with Gasteiger partial charge in [0.1, 0.15) is 0 Å². The molecule has 0 radical (unpaired) electrons. The average Bonchev–Trinajstić information content (AvgIpc) is 3.28. The zero-order valence-corrected chi connectivity index (χ0v) is 15.8. The van der Waals surface area contributed by atoms with E-state index in [-0.39, 0.29) is 5.60 Å². The van der Waals surface area contributed by atoms with E-state index in [4.69, 9.17) is 4.74 Å². The van der Waals surface area contributed by atoms with Gasteiger partial charge in [0, 0.05) is 12.7 Å². The highest BCUT2D eigenvalue weighted by molar-refractivity contribution is 5.87. The summed E-state index contributed by atoms with van der Waals surface area (Å²) in [6, 6.07) is 0. The van der Waals surface area contributed by atoms with Crippen LogP contribution in [0, 0.1) is 11.8 Å². The van der Waals surface area contributed by atoms with Crippen LogP contribution in [0.1, 0.15) is 85.5 Å². The first-order valence-electron chi connectivity index (χ1n) is 9.22. The van der Waals surface area contributed by atoms with Crippen molar-refractivity contribution in [2.24, 2.45) is 11.8 Å². The molecule has 0 aromatic heterocycles. The Morgan fingerprint density at radius 3 is 2.39 bits per heavy atom. The summed E-state index contributed by atoms with van der Waals surface area (Å²) in [5.74, 6) is 0.635. The molecule has 0 aliphatic heterocycles. The molecule has 0 aromatic rings. The molecule has 1 atom stereocenters. The zero-order chi connectivity index (χ0) is 17.5. The quantitative estimate of drug-likeness (QED) is 0.476. The van der Waals surface area contributed by atoms with Crippen molar-refractivity contribution < 1.29 is 14.6 Å². The van der Waals surface area contributed by atoms with Crippen molar-refractivity contribution in [3.8, 4) is 0 Å². The number of hydrogen-bond acceptors (Lipinski definition) is 2. The predicted octanol–water partition coefficient (Wildman–Crippen LogP) is 5.59. The molecule has 1 N–H and O–H groups in total. The molecule has 0 saturated heterocycles. The normalized spacial score (nSPS) is 17.8. The Morgan fingerprint density at radius 1 is 1.26 bits per heavy atom. The molecule has 1 unspecified atom stereocenters. The Bertz CT molecular complexity index is 405. The van der Waals surface area contributed by atoms with Gasteiger partial charge in [-0.1, -0.05) is 31.8 Å². The second-order valence-electron chi connectivity index (χ2n) is 8.06. The lowest BCUT2D eigenvalue weighted by molar-refractivity contribution is -0.132. The number of carbonyl (C=O) groups is 1. The molecule has 1 fully saturated rings. The maximum Gasteiger partial charge on any atom is 0.331 e. The van der Waals surface area contributed by atoms with E-state index in [1.54, 1.807) is 7.11 Å². The number of methoxy groups -OCH3 is 1. The van der Waals surface area contributed by atoms with Crippen LogP contribution < -0.4 is 0 Å². The Kier molecular flexibility index (Phi) is 8.32. The van der Waals surface area contributed by atoms with Crippen molar-refractivity contribution >= 4 is 5.97 Å². The minimum absolute atomic E-state index is 0.0156. The van der Waals surface area contributed by atoms with Crippen molar-refractivity contribution in [1.29, 1.82) is 0 Å². The van der Waals surface area contributed by atoms with Crippen LogP contribution >= 0.6 is 0 Å². The molecule has 3 heteroatoms. The molecule has 1 aliphatic carbocycles. The van der Waals surface area contributed by atoms with Gasteiger partial charge in [-0.05, 0) is 71.1 Å². The first-order valence-corrected chi connectivity index (χ1v) is 9.22. The maximum atomic E-state index is 11.4. The summed E-state index contributed by atoms with van der Waals surface area (Å²) < 4.78 is 5.46. The van der Waals surface area contributed by atoms with Gasteiger partial charge < -0.3 is 9.84 Å². The van der Waals surface area contributed by atoms with Gasteiger partial charge in [0.25, 0.3) is 0 Å². The van der Waals surface area contributed by atoms with Gasteiger partial charge >= 0.3 is 5.97 Å². The highest BCUT2D eigenvalue weighted by atomic mass is 16.5. The number of aliphatic carboxylic acids is 1. The first kappa shape index (κ1) is 20.2. The summed E-state index contributed by atoms with van der Waals surface area (Å²) in [4.78, 5) is 11.4. The molecule has 3 nitrogen and oxygen atoms in total. The highest BCUT2D eigenvalue weighted by Crippen LogP contribution is 2.36. The maximum absolute atomic E-state index is 11.4. The van der Waals surface area contributed by atoms with Gasteiger partial charge in [0.15, 0.2) is 0 Å². The van der Waals surface area contributed by atoms with Crippen LogP contribution in [-0.4, -0.2) is 23.8 Å². The Hall–Kier alpha value is -0.830. The van der Waals surface area contributed by atoms with E-state index in [1.165, 1.54) is 32.1 Å². The van der Waals surface area contributed by atoms with Crippen LogP contribution in [0.2, 0.25) is 0 Å². The van der Waals surface area contributed by atoms with Crippen LogP contribution in [0.25, 0.3) is 0 Å². The summed E-state index contributed by atoms with van der Waals surface area (Å²) in [7, 11) is 1.78. The van der Waals surface area contributed by atoms with Gasteiger partial charge in [-0.2, -0.15) is 0 Å². The third-order valence-corrected chi connectivity index (χ3v) is 5.24. The second kappa shape index (κ2) is 9.46. The Morgan fingerprint density at radius 2 is 1.87 bits per heavy atom. The van der Waals surface area contributed by atoms with Gasteiger partial charge in [0.2, 0.25) is 0 Å². The number of carboxylic acids is 1. The van der Waals surface area contributed by atoms with Gasteiger partial charge in [0.05, 0.1) is 5.60 Å². The zero-order valence-electron chi connectivity index (χ0n) is 15.8. The molecule has 134 valence electrons. The number of hydrogen-bond donors (Lipinski definition) is 1. The lowest BCUT2D eigenvalue weighted by Crippen LogP contribution is -2.22. The standard InChI is InChI=1S/C20H36O3/c1-15(9-7-13-20(3,4)23-5)8-6-10-16(2)18(19(21)22)14-17-11-12-17/h15,17H,6-14H2,1-5H3,(H,21,22). The summed E-state index contributed by atoms with van der Waals surface area (Å²) in [5.41, 5.74) is 1.76. The summed E-state index contributed by atoms with van der Waals surface area (Å²) in [6.07, 6.45) is 9.92. The van der Waals surface area contributed by atoms with Gasteiger partial charge in [-0.15, -0.1) is 0 Å². The minimum Gasteiger partial charge on any atom is -0.478 e. The van der Waals surface area contributed by atoms with Crippen LogP contribution in [0.5, 0.6) is 0 Å². The molecule has 0 bridgehead atoms. The molecule has 0 spiro atoms. The average molecular weight is 325 g/mol. The van der Waals surface area contributed by atoms with Crippen molar-refractivity contribution in [3.63, 3.8) is 0 Å². The van der Waals surface area contributed by atoms with E-state index < -0.39 is 5.97 Å². The number of allylic oxidation sites excluding steroid dienone is 1. The summed E-state index contributed by atoms with van der Waals surface area (Å²) in [5, 5.41) is 9.37. The molecule has 0 aromatic carbocycles. The van der Waals surface area contributed by atoms with Crippen molar-refractivity contribution in [1.82, 2.24) is 0 Å². The molecule has 23 heavy (non-hydrogen) atoms. The van der Waals surface area contributed by atoms with Gasteiger partial charge in [-0.3, -0.25) is 0 Å². The topological polar surface area (TPSA) is 46.5 Å². The number of ether oxygens (including phenoxy) is 1. The third-order valence-electron chi connectivity index (χ3n) is 5.24. The molecule has 0 amide bonds. The SMILES string of the molecule is COC(C)(C)CCCC(C)CCCC(C)=C(CC1CC1)C(=O)O. The fourth-order valence-electron chi connectivity index (χ4n) is 3.04. The van der Waals surface area contributed by atoms with Crippen LogP contribution in [-0.2, 0) is 9.53 Å². The van der Waals surface area contributed by atoms with Crippen molar-refractivity contribution in [2.45, 2.75) is 91.1 Å². The highest BCUT2D eigenvalue weighted by Gasteiger charge is 2.26. The molecular formula is C20H36O3. The largest absolute Gasteiger partial charge is 0.478 e. The summed E-state index contributed by atoms with van der Waals surface area (Å²) >= 11 is 0. The van der Waals surface area contributed by atoms with E-state index in [1.807, 2.05) is 6.92 Å².